The Morgan fingerprint density at radius 1 is 1.07 bits per heavy atom. The number of allylic oxidation sites excluding steroid dienone is 1. The quantitative estimate of drug-likeness (QED) is 0.179. The Balaban J connectivity index is 1.55. The summed E-state index contributed by atoms with van der Waals surface area (Å²) in [7, 11) is 1.45. The number of rotatable bonds is 8. The molecular weight excluding hydrogens is 613 g/mol. The molecule has 6 rings (SSSR count). The number of methoxy groups -OCH3 is 1. The number of thiophene rings is 1. The van der Waals surface area contributed by atoms with Gasteiger partial charge in [0, 0.05) is 18.7 Å². The molecule has 0 unspecified atom stereocenters. The van der Waals surface area contributed by atoms with E-state index in [4.69, 9.17) is 19.3 Å². The largest absolute Gasteiger partial charge is 0.493 e. The number of benzene rings is 2. The van der Waals surface area contributed by atoms with Crippen molar-refractivity contribution in [3.8, 4) is 27.8 Å². The number of thiazole rings is 1. The molecule has 0 aliphatic carbocycles. The lowest BCUT2D eigenvalue weighted by atomic mass is 9.95. The highest BCUT2D eigenvalue weighted by Gasteiger charge is 2.34. The molecule has 10 nitrogen and oxygen atoms in total. The molecule has 0 amide bonds. The molecule has 0 saturated heterocycles. The fourth-order valence-electron chi connectivity index (χ4n) is 5.15. The lowest BCUT2D eigenvalue weighted by Crippen LogP contribution is -2.40. The summed E-state index contributed by atoms with van der Waals surface area (Å²) >= 11 is 2.79. The standard InChI is InChI=1S/C33H28N4O6S2/c1-5-42-32(40)28-19(2)34-33-37(30(28)21-13-14-24(43-20(3)38)25(16-21)41-4)31(39)27(45-33)17-22-18-36(23-10-7-6-8-11-23)35-29(22)26-12-9-15-44-26/h6-18,30H,5H2,1-4H3/b27-17-/t30-/m0/s1. The number of aromatic nitrogens is 3. The van der Waals surface area contributed by atoms with Gasteiger partial charge in [-0.15, -0.1) is 11.3 Å². The predicted octanol–water partition coefficient (Wildman–Crippen LogP) is 4.65. The van der Waals surface area contributed by atoms with Crippen molar-refractivity contribution in [3.05, 3.63) is 114 Å². The molecule has 5 aromatic rings. The number of nitrogens with zero attached hydrogens (tertiary/aromatic N) is 4. The van der Waals surface area contributed by atoms with Crippen molar-refractivity contribution in [1.82, 2.24) is 14.3 Å². The fraction of sp³-hybridized carbons (Fsp3) is 0.182. The number of ether oxygens (including phenoxy) is 3. The van der Waals surface area contributed by atoms with Gasteiger partial charge in [0.25, 0.3) is 5.56 Å². The van der Waals surface area contributed by atoms with Gasteiger partial charge in [0.15, 0.2) is 16.3 Å². The molecular formula is C33H28N4O6S2. The van der Waals surface area contributed by atoms with Gasteiger partial charge in [-0.25, -0.2) is 14.5 Å². The molecule has 0 bridgehead atoms. The van der Waals surface area contributed by atoms with E-state index in [0.717, 1.165) is 21.8 Å². The summed E-state index contributed by atoms with van der Waals surface area (Å²) in [6, 6.07) is 17.7. The number of fused-ring (bicyclic) bond motifs is 1. The van der Waals surface area contributed by atoms with E-state index in [9.17, 15) is 14.4 Å². The van der Waals surface area contributed by atoms with E-state index in [2.05, 4.69) is 4.99 Å². The highest BCUT2D eigenvalue weighted by Crippen LogP contribution is 2.36. The van der Waals surface area contributed by atoms with Crippen LogP contribution in [0.25, 0.3) is 22.3 Å². The molecule has 1 aliphatic heterocycles. The monoisotopic (exact) mass is 640 g/mol. The molecule has 1 atom stereocenters. The van der Waals surface area contributed by atoms with Gasteiger partial charge in [0.2, 0.25) is 0 Å². The molecule has 4 heterocycles. The highest BCUT2D eigenvalue weighted by atomic mass is 32.1. The molecule has 1 aliphatic rings. The van der Waals surface area contributed by atoms with Crippen LogP contribution in [0.2, 0.25) is 0 Å². The summed E-state index contributed by atoms with van der Waals surface area (Å²) in [6.07, 6.45) is 3.71. The van der Waals surface area contributed by atoms with Gasteiger partial charge in [0.1, 0.15) is 5.69 Å². The SMILES string of the molecule is CCOC(=O)C1=C(C)N=c2s/c(=C\c3cn(-c4ccccc4)nc3-c3cccs3)c(=O)n2[C@H]1c1ccc(OC(C)=O)c(OC)c1. The molecule has 0 N–H and O–H groups in total. The zero-order chi connectivity index (χ0) is 31.7. The van der Waals surface area contributed by atoms with Crippen LogP contribution in [0.5, 0.6) is 11.5 Å². The summed E-state index contributed by atoms with van der Waals surface area (Å²) in [6.45, 7) is 4.89. The van der Waals surface area contributed by atoms with E-state index in [0.29, 0.717) is 20.6 Å². The summed E-state index contributed by atoms with van der Waals surface area (Å²) < 4.78 is 19.9. The maximum atomic E-state index is 14.3. The Labute approximate surface area is 265 Å². The van der Waals surface area contributed by atoms with Gasteiger partial charge in [0.05, 0.1) is 46.1 Å². The Bertz CT molecular complexity index is 2120. The summed E-state index contributed by atoms with van der Waals surface area (Å²) in [4.78, 5) is 45.3. The first-order valence-electron chi connectivity index (χ1n) is 14.0. The molecule has 2 aromatic carbocycles. The number of para-hydroxylation sites is 1. The van der Waals surface area contributed by atoms with Gasteiger partial charge in [-0.2, -0.15) is 5.10 Å². The Morgan fingerprint density at radius 2 is 1.87 bits per heavy atom. The number of carbonyl (C=O) groups excluding carboxylic acids is 2. The van der Waals surface area contributed by atoms with Crippen molar-refractivity contribution in [1.29, 1.82) is 0 Å². The minimum absolute atomic E-state index is 0.151. The van der Waals surface area contributed by atoms with E-state index < -0.39 is 18.0 Å². The van der Waals surface area contributed by atoms with Crippen LogP contribution in [0, 0.1) is 0 Å². The minimum Gasteiger partial charge on any atom is -0.493 e. The first kappa shape index (κ1) is 30.0. The molecule has 0 saturated carbocycles. The molecule has 45 heavy (non-hydrogen) atoms. The second-order valence-electron chi connectivity index (χ2n) is 10.00. The van der Waals surface area contributed by atoms with Crippen molar-refractivity contribution in [2.24, 2.45) is 4.99 Å². The lowest BCUT2D eigenvalue weighted by molar-refractivity contribution is -0.139. The van der Waals surface area contributed by atoms with Crippen LogP contribution in [0.4, 0.5) is 0 Å². The third-order valence-electron chi connectivity index (χ3n) is 7.08. The maximum absolute atomic E-state index is 14.3. The Kier molecular flexibility index (Phi) is 8.33. The minimum atomic E-state index is -0.869. The van der Waals surface area contributed by atoms with E-state index in [-0.39, 0.29) is 29.2 Å². The summed E-state index contributed by atoms with van der Waals surface area (Å²) in [5.41, 5.74) is 3.29. The predicted molar refractivity (Wildman–Crippen MR) is 172 cm³/mol. The third kappa shape index (κ3) is 5.77. The molecule has 3 aromatic heterocycles. The molecule has 0 fully saturated rings. The first-order chi connectivity index (χ1) is 21.8. The van der Waals surface area contributed by atoms with Gasteiger partial charge >= 0.3 is 11.9 Å². The van der Waals surface area contributed by atoms with Crippen LogP contribution < -0.4 is 24.4 Å². The number of hydrogen-bond donors (Lipinski definition) is 0. The number of carbonyl (C=O) groups is 2. The van der Waals surface area contributed by atoms with Gasteiger partial charge < -0.3 is 14.2 Å². The first-order valence-corrected chi connectivity index (χ1v) is 15.7. The fourth-order valence-corrected chi connectivity index (χ4v) is 6.92. The zero-order valence-electron chi connectivity index (χ0n) is 24.8. The van der Waals surface area contributed by atoms with Crippen LogP contribution in [0.15, 0.2) is 93.3 Å². The Morgan fingerprint density at radius 3 is 2.56 bits per heavy atom. The normalized spacial score (nSPS) is 14.6. The van der Waals surface area contributed by atoms with Crippen molar-refractivity contribution < 1.29 is 23.8 Å². The average Bonchev–Trinajstić information content (AvgIpc) is 3.77. The van der Waals surface area contributed by atoms with Crippen LogP contribution in [0.1, 0.15) is 37.9 Å². The van der Waals surface area contributed by atoms with Gasteiger partial charge in [-0.05, 0) is 61.2 Å². The molecule has 0 spiro atoms. The summed E-state index contributed by atoms with van der Waals surface area (Å²) in [5, 5.41) is 6.84. The summed E-state index contributed by atoms with van der Waals surface area (Å²) in [5.74, 6) is -0.590. The van der Waals surface area contributed by atoms with Crippen LogP contribution >= 0.6 is 22.7 Å². The number of hydrogen-bond acceptors (Lipinski definition) is 10. The van der Waals surface area contributed by atoms with Gasteiger partial charge in [-0.1, -0.05) is 41.7 Å². The van der Waals surface area contributed by atoms with Crippen LogP contribution in [-0.2, 0) is 14.3 Å². The van der Waals surface area contributed by atoms with E-state index in [1.54, 1.807) is 48.1 Å². The smallest absolute Gasteiger partial charge is 0.338 e. The lowest BCUT2D eigenvalue weighted by Gasteiger charge is -2.25. The number of esters is 2. The average molecular weight is 641 g/mol. The molecule has 0 radical (unpaired) electrons. The topological polar surface area (TPSA) is 114 Å². The van der Waals surface area contributed by atoms with Crippen molar-refractivity contribution >= 4 is 40.7 Å². The third-order valence-corrected chi connectivity index (χ3v) is 8.94. The van der Waals surface area contributed by atoms with Crippen molar-refractivity contribution in [3.63, 3.8) is 0 Å². The van der Waals surface area contributed by atoms with Crippen molar-refractivity contribution in [2.45, 2.75) is 26.8 Å². The zero-order valence-corrected chi connectivity index (χ0v) is 26.5. The van der Waals surface area contributed by atoms with Crippen molar-refractivity contribution in [2.75, 3.05) is 13.7 Å². The van der Waals surface area contributed by atoms with E-state index in [1.165, 1.54) is 29.9 Å². The van der Waals surface area contributed by atoms with Crippen LogP contribution in [-0.4, -0.2) is 40.0 Å². The second kappa shape index (κ2) is 12.5. The molecule has 12 heteroatoms. The van der Waals surface area contributed by atoms with E-state index in [1.807, 2.05) is 60.1 Å². The molecule has 228 valence electrons. The van der Waals surface area contributed by atoms with E-state index >= 15 is 0 Å². The maximum Gasteiger partial charge on any atom is 0.338 e. The second-order valence-corrected chi connectivity index (χ2v) is 12.0. The van der Waals surface area contributed by atoms with Gasteiger partial charge in [-0.3, -0.25) is 14.2 Å². The highest BCUT2D eigenvalue weighted by molar-refractivity contribution is 7.13. The Hall–Kier alpha value is -5.07. The van der Waals surface area contributed by atoms with Crippen LogP contribution in [0.3, 0.4) is 0 Å².